The Hall–Kier alpha value is -3.68. The van der Waals surface area contributed by atoms with Crippen LogP contribution in [0, 0.1) is 0 Å². The van der Waals surface area contributed by atoms with Gasteiger partial charge in [-0.3, -0.25) is 14.4 Å². The second kappa shape index (κ2) is 14.5. The summed E-state index contributed by atoms with van der Waals surface area (Å²) in [6, 6.07) is 17.9. The molecule has 2 aromatic carbocycles. The van der Waals surface area contributed by atoms with E-state index in [0.29, 0.717) is 18.4 Å². The predicted molar refractivity (Wildman–Crippen MR) is 130 cm³/mol. The number of amides is 1. The van der Waals surface area contributed by atoms with Crippen molar-refractivity contribution in [1.82, 2.24) is 5.32 Å². The van der Waals surface area contributed by atoms with Crippen LogP contribution in [0.2, 0.25) is 0 Å². The van der Waals surface area contributed by atoms with Crippen LogP contribution in [0.1, 0.15) is 65.0 Å². The molecule has 0 radical (unpaired) electrons. The van der Waals surface area contributed by atoms with E-state index in [-0.39, 0.29) is 12.3 Å². The number of aliphatic carboxylic acids is 3. The Bertz CT molecular complexity index is 927. The van der Waals surface area contributed by atoms with Gasteiger partial charge in [-0.25, -0.2) is 4.79 Å². The molecule has 0 aliphatic heterocycles. The van der Waals surface area contributed by atoms with E-state index >= 15 is 0 Å². The van der Waals surface area contributed by atoms with Crippen LogP contribution in [0.25, 0.3) is 0 Å². The molecule has 34 heavy (non-hydrogen) atoms. The van der Waals surface area contributed by atoms with E-state index in [2.05, 4.69) is 5.32 Å². The van der Waals surface area contributed by atoms with Gasteiger partial charge in [-0.05, 0) is 38.3 Å². The Kier molecular flexibility index (Phi) is 12.9. The highest BCUT2D eigenvalue weighted by Gasteiger charge is 2.36. The van der Waals surface area contributed by atoms with Crippen molar-refractivity contribution in [3.63, 3.8) is 0 Å². The topological polar surface area (TPSA) is 141 Å². The molecule has 0 saturated carbocycles. The first-order valence-corrected chi connectivity index (χ1v) is 10.9. The zero-order valence-corrected chi connectivity index (χ0v) is 20.4. The highest BCUT2D eigenvalue weighted by atomic mass is 16.4. The minimum Gasteiger partial charge on any atom is -0.481 e. The Morgan fingerprint density at radius 1 is 0.735 bits per heavy atom. The van der Waals surface area contributed by atoms with E-state index in [1.54, 1.807) is 51.1 Å². The van der Waals surface area contributed by atoms with Gasteiger partial charge in [0.1, 0.15) is 0 Å². The molecule has 0 aliphatic carbocycles. The zero-order chi connectivity index (χ0) is 26.4. The standard InChI is InChI=1S/C13H17NO3.C10H12O2.C3H6O2/c1-3-7-11(15)14-13(2,12(16)17)10-8-5-4-6-9-10;1-10(2,9(11)12)8-6-4-3-5-7-8;1-2-3(4)5/h4-6,8-9H,3,7H2,1-2H3,(H,14,15)(H,16,17);3-7H,1-2H3,(H,11,12);2H2,1H3,(H,4,5). The molecule has 2 rings (SSSR count). The molecule has 0 aliphatic rings. The summed E-state index contributed by atoms with van der Waals surface area (Å²) in [6.07, 6.45) is 1.24. The summed E-state index contributed by atoms with van der Waals surface area (Å²) in [4.78, 5) is 43.1. The van der Waals surface area contributed by atoms with E-state index in [9.17, 15) is 24.3 Å². The predicted octanol–water partition coefficient (Wildman–Crippen LogP) is 4.43. The second-order valence-electron chi connectivity index (χ2n) is 8.14. The fraction of sp³-hybridized carbons (Fsp3) is 0.385. The lowest BCUT2D eigenvalue weighted by Crippen LogP contribution is -2.49. The first-order chi connectivity index (χ1) is 15.8. The number of rotatable bonds is 8. The van der Waals surface area contributed by atoms with Crippen LogP contribution in [0.15, 0.2) is 60.7 Å². The fourth-order valence-corrected chi connectivity index (χ4v) is 2.57. The van der Waals surface area contributed by atoms with Gasteiger partial charge in [-0.15, -0.1) is 0 Å². The maximum Gasteiger partial charge on any atom is 0.333 e. The van der Waals surface area contributed by atoms with E-state index in [0.717, 1.165) is 5.56 Å². The largest absolute Gasteiger partial charge is 0.481 e. The number of hydrogen-bond donors (Lipinski definition) is 4. The summed E-state index contributed by atoms with van der Waals surface area (Å²) < 4.78 is 0. The average Bonchev–Trinajstić information content (AvgIpc) is 2.80. The van der Waals surface area contributed by atoms with Crippen molar-refractivity contribution < 1.29 is 34.5 Å². The lowest BCUT2D eigenvalue weighted by atomic mass is 9.85. The minimum atomic E-state index is -1.37. The maximum atomic E-state index is 11.6. The molecule has 0 heterocycles. The highest BCUT2D eigenvalue weighted by Crippen LogP contribution is 2.22. The molecule has 1 unspecified atom stereocenters. The van der Waals surface area contributed by atoms with Crippen LogP contribution >= 0.6 is 0 Å². The van der Waals surface area contributed by atoms with Gasteiger partial charge in [-0.2, -0.15) is 0 Å². The smallest absolute Gasteiger partial charge is 0.333 e. The van der Waals surface area contributed by atoms with Gasteiger partial charge in [0, 0.05) is 12.8 Å². The number of carbonyl (C=O) groups is 4. The number of carboxylic acid groups (broad SMARTS) is 3. The highest BCUT2D eigenvalue weighted by molar-refractivity contribution is 5.87. The summed E-state index contributed by atoms with van der Waals surface area (Å²) in [6.45, 7) is 8.37. The average molecular weight is 474 g/mol. The summed E-state index contributed by atoms with van der Waals surface area (Å²) in [5, 5.41) is 28.5. The molecule has 0 saturated heterocycles. The third kappa shape index (κ3) is 9.85. The van der Waals surface area contributed by atoms with Gasteiger partial charge >= 0.3 is 17.9 Å². The van der Waals surface area contributed by atoms with Gasteiger partial charge in [0.25, 0.3) is 0 Å². The van der Waals surface area contributed by atoms with Crippen LogP contribution in [-0.2, 0) is 30.1 Å². The van der Waals surface area contributed by atoms with Crippen molar-refractivity contribution in [2.45, 2.75) is 64.8 Å². The third-order valence-electron chi connectivity index (χ3n) is 4.98. The van der Waals surface area contributed by atoms with Crippen molar-refractivity contribution in [3.8, 4) is 0 Å². The van der Waals surface area contributed by atoms with Crippen molar-refractivity contribution in [3.05, 3.63) is 71.8 Å². The lowest BCUT2D eigenvalue weighted by Gasteiger charge is -2.26. The SMILES string of the molecule is CC(C)(C(=O)O)c1ccccc1.CCC(=O)O.CCCC(=O)NC(C)(C(=O)O)c1ccccc1. The molecule has 2 aromatic rings. The Balaban J connectivity index is 0.000000556. The molecule has 1 atom stereocenters. The number of hydrogen-bond acceptors (Lipinski definition) is 4. The molecular formula is C26H35NO7. The van der Waals surface area contributed by atoms with Gasteiger partial charge < -0.3 is 20.6 Å². The van der Waals surface area contributed by atoms with Gasteiger partial charge in [0.2, 0.25) is 5.91 Å². The molecule has 186 valence electrons. The molecule has 0 spiro atoms. The molecule has 4 N–H and O–H groups in total. The monoisotopic (exact) mass is 473 g/mol. The molecule has 0 bridgehead atoms. The maximum absolute atomic E-state index is 11.6. The van der Waals surface area contributed by atoms with Crippen molar-refractivity contribution >= 4 is 23.8 Å². The first-order valence-electron chi connectivity index (χ1n) is 10.9. The van der Waals surface area contributed by atoms with E-state index < -0.39 is 28.9 Å². The normalized spacial score (nSPS) is 11.9. The van der Waals surface area contributed by atoms with Crippen LogP contribution in [0.4, 0.5) is 0 Å². The van der Waals surface area contributed by atoms with Gasteiger partial charge in [-0.1, -0.05) is 74.5 Å². The Morgan fingerprint density at radius 2 is 1.15 bits per heavy atom. The van der Waals surface area contributed by atoms with Crippen LogP contribution in [-0.4, -0.2) is 39.1 Å². The summed E-state index contributed by atoms with van der Waals surface area (Å²) >= 11 is 0. The van der Waals surface area contributed by atoms with Crippen LogP contribution in [0.5, 0.6) is 0 Å². The van der Waals surface area contributed by atoms with E-state index in [1.165, 1.54) is 6.92 Å². The summed E-state index contributed by atoms with van der Waals surface area (Å²) in [7, 11) is 0. The number of benzene rings is 2. The van der Waals surface area contributed by atoms with E-state index in [4.69, 9.17) is 10.2 Å². The first kappa shape index (κ1) is 30.3. The number of carboxylic acids is 3. The molecule has 8 nitrogen and oxygen atoms in total. The Labute approximate surface area is 200 Å². The molecule has 1 amide bonds. The van der Waals surface area contributed by atoms with Crippen molar-refractivity contribution in [2.24, 2.45) is 0 Å². The molecule has 0 fully saturated rings. The molecular weight excluding hydrogens is 438 g/mol. The Morgan fingerprint density at radius 3 is 1.47 bits per heavy atom. The quantitative estimate of drug-likeness (QED) is 0.444. The van der Waals surface area contributed by atoms with E-state index in [1.807, 2.05) is 37.3 Å². The minimum absolute atomic E-state index is 0.222. The summed E-state index contributed by atoms with van der Waals surface area (Å²) in [5.74, 6) is -2.85. The van der Waals surface area contributed by atoms with Gasteiger partial charge in [0.05, 0.1) is 5.41 Å². The summed E-state index contributed by atoms with van der Waals surface area (Å²) in [5.41, 5.74) is -0.760. The van der Waals surface area contributed by atoms with Crippen LogP contribution in [0.3, 0.4) is 0 Å². The molecule has 0 aromatic heterocycles. The number of nitrogens with one attached hydrogen (secondary N) is 1. The zero-order valence-electron chi connectivity index (χ0n) is 20.4. The lowest BCUT2D eigenvalue weighted by molar-refractivity contribution is -0.147. The fourth-order valence-electron chi connectivity index (χ4n) is 2.57. The van der Waals surface area contributed by atoms with Gasteiger partial charge in [0.15, 0.2) is 5.54 Å². The van der Waals surface area contributed by atoms with Crippen molar-refractivity contribution in [1.29, 1.82) is 0 Å². The molecule has 8 heteroatoms. The number of carbonyl (C=O) groups excluding carboxylic acids is 1. The third-order valence-corrected chi connectivity index (χ3v) is 4.98. The van der Waals surface area contributed by atoms with Crippen molar-refractivity contribution in [2.75, 3.05) is 0 Å². The van der Waals surface area contributed by atoms with Crippen LogP contribution < -0.4 is 5.32 Å². The second-order valence-corrected chi connectivity index (χ2v) is 8.14.